The number of anilines is 3. The first kappa shape index (κ1) is 15.9. The van der Waals surface area contributed by atoms with Crippen molar-refractivity contribution in [3.8, 4) is 0 Å². The molecule has 0 fully saturated rings. The van der Waals surface area contributed by atoms with Gasteiger partial charge in [0.25, 0.3) is 0 Å². The number of nitrogen functional groups attached to an aromatic ring is 2. The molecule has 1 aromatic carbocycles. The summed E-state index contributed by atoms with van der Waals surface area (Å²) in [7, 11) is 0. The average molecular weight is 288 g/mol. The molecule has 0 aliphatic carbocycles. The number of rotatable bonds is 7. The molecule has 0 bridgehead atoms. The smallest absolute Gasteiger partial charge is 0.169 e. The Morgan fingerprint density at radius 2 is 1.95 bits per heavy atom. The molecular formula is C14H23ClFN3. The maximum Gasteiger partial charge on any atom is 0.169 e. The Kier molecular flexibility index (Phi) is 6.22. The van der Waals surface area contributed by atoms with Gasteiger partial charge in [-0.1, -0.05) is 44.2 Å². The molecule has 0 radical (unpaired) electrons. The van der Waals surface area contributed by atoms with Gasteiger partial charge in [0.15, 0.2) is 5.82 Å². The summed E-state index contributed by atoms with van der Waals surface area (Å²) in [4.78, 5) is 0. The van der Waals surface area contributed by atoms with Crippen molar-refractivity contribution in [1.29, 1.82) is 0 Å². The van der Waals surface area contributed by atoms with Crippen molar-refractivity contribution in [1.82, 2.24) is 0 Å². The molecule has 0 aliphatic rings. The Labute approximate surface area is 119 Å². The van der Waals surface area contributed by atoms with E-state index in [9.17, 15) is 4.39 Å². The van der Waals surface area contributed by atoms with Gasteiger partial charge in [-0.05, 0) is 19.4 Å². The standard InChI is InChI=1S/C14H23ClFN3/c1-3-4-5-6-7-9(2)19-14-11(18)8-10(17)12(15)13(14)16/h8-9,19H,3-7,17-18H2,1-2H3. The van der Waals surface area contributed by atoms with Crippen molar-refractivity contribution in [2.45, 2.75) is 52.0 Å². The molecule has 5 heteroatoms. The van der Waals surface area contributed by atoms with Crippen molar-refractivity contribution in [2.75, 3.05) is 16.8 Å². The zero-order valence-corrected chi connectivity index (χ0v) is 12.4. The monoisotopic (exact) mass is 287 g/mol. The molecule has 0 aliphatic heterocycles. The van der Waals surface area contributed by atoms with E-state index in [0.717, 1.165) is 12.8 Å². The lowest BCUT2D eigenvalue weighted by molar-refractivity contribution is 0.586. The van der Waals surface area contributed by atoms with E-state index in [4.69, 9.17) is 23.1 Å². The predicted molar refractivity (Wildman–Crippen MR) is 82.1 cm³/mol. The quantitative estimate of drug-likeness (QED) is 0.514. The van der Waals surface area contributed by atoms with Crippen LogP contribution in [-0.2, 0) is 0 Å². The third-order valence-corrected chi connectivity index (χ3v) is 3.53. The van der Waals surface area contributed by atoms with Gasteiger partial charge in [0.05, 0.1) is 17.1 Å². The fourth-order valence-corrected chi connectivity index (χ4v) is 2.16. The van der Waals surface area contributed by atoms with Crippen LogP contribution in [0, 0.1) is 5.82 Å². The summed E-state index contributed by atoms with van der Waals surface area (Å²) in [6.07, 6.45) is 5.73. The van der Waals surface area contributed by atoms with Crippen molar-refractivity contribution >= 4 is 28.7 Å². The molecular weight excluding hydrogens is 265 g/mol. The second-order valence-corrected chi connectivity index (χ2v) is 5.33. The molecule has 0 amide bonds. The van der Waals surface area contributed by atoms with Crippen molar-refractivity contribution < 1.29 is 4.39 Å². The van der Waals surface area contributed by atoms with Crippen LogP contribution in [0.25, 0.3) is 0 Å². The van der Waals surface area contributed by atoms with Gasteiger partial charge >= 0.3 is 0 Å². The first-order valence-electron chi connectivity index (χ1n) is 6.76. The molecule has 0 spiro atoms. The molecule has 0 aromatic heterocycles. The van der Waals surface area contributed by atoms with Gasteiger partial charge in [-0.25, -0.2) is 4.39 Å². The third-order valence-electron chi connectivity index (χ3n) is 3.15. The summed E-state index contributed by atoms with van der Waals surface area (Å²) in [6.45, 7) is 4.18. The zero-order chi connectivity index (χ0) is 14.4. The van der Waals surface area contributed by atoms with Crippen LogP contribution in [0.2, 0.25) is 5.02 Å². The maximum absolute atomic E-state index is 14.0. The molecule has 0 saturated carbocycles. The summed E-state index contributed by atoms with van der Waals surface area (Å²) in [5.74, 6) is -0.570. The summed E-state index contributed by atoms with van der Waals surface area (Å²) in [5.41, 5.74) is 12.0. The highest BCUT2D eigenvalue weighted by Gasteiger charge is 2.15. The number of hydrogen-bond donors (Lipinski definition) is 3. The molecule has 5 N–H and O–H groups in total. The van der Waals surface area contributed by atoms with Crippen LogP contribution in [0.3, 0.4) is 0 Å². The summed E-state index contributed by atoms with van der Waals surface area (Å²) >= 11 is 5.79. The van der Waals surface area contributed by atoms with Crippen LogP contribution in [-0.4, -0.2) is 6.04 Å². The van der Waals surface area contributed by atoms with E-state index < -0.39 is 5.82 Å². The second-order valence-electron chi connectivity index (χ2n) is 4.95. The first-order valence-corrected chi connectivity index (χ1v) is 7.14. The van der Waals surface area contributed by atoms with E-state index in [1.165, 1.54) is 25.3 Å². The van der Waals surface area contributed by atoms with Gasteiger partial charge in [-0.2, -0.15) is 0 Å². The Bertz CT molecular complexity index is 424. The highest BCUT2D eigenvalue weighted by Crippen LogP contribution is 2.34. The van der Waals surface area contributed by atoms with Crippen LogP contribution in [0.1, 0.15) is 46.0 Å². The predicted octanol–water partition coefficient (Wildman–Crippen LogP) is 4.41. The highest BCUT2D eigenvalue weighted by atomic mass is 35.5. The number of nitrogens with two attached hydrogens (primary N) is 2. The zero-order valence-electron chi connectivity index (χ0n) is 11.6. The molecule has 1 rings (SSSR count). The summed E-state index contributed by atoms with van der Waals surface area (Å²) < 4.78 is 14.0. The topological polar surface area (TPSA) is 64.1 Å². The third kappa shape index (κ3) is 4.46. The van der Waals surface area contributed by atoms with E-state index in [1.807, 2.05) is 6.92 Å². The number of nitrogens with one attached hydrogen (secondary N) is 1. The average Bonchev–Trinajstić information content (AvgIpc) is 2.37. The Morgan fingerprint density at radius 3 is 2.58 bits per heavy atom. The van der Waals surface area contributed by atoms with E-state index in [-0.39, 0.29) is 22.4 Å². The number of halogens is 2. The van der Waals surface area contributed by atoms with Gasteiger partial charge in [0.1, 0.15) is 5.02 Å². The van der Waals surface area contributed by atoms with Crippen molar-refractivity contribution in [2.24, 2.45) is 0 Å². The number of benzene rings is 1. The van der Waals surface area contributed by atoms with Gasteiger partial charge in [-0.15, -0.1) is 0 Å². The van der Waals surface area contributed by atoms with Crippen LogP contribution in [0.5, 0.6) is 0 Å². The molecule has 1 atom stereocenters. The largest absolute Gasteiger partial charge is 0.397 e. The van der Waals surface area contributed by atoms with Gasteiger partial charge in [0, 0.05) is 6.04 Å². The number of unbranched alkanes of at least 4 members (excludes halogenated alkanes) is 3. The molecule has 0 saturated heterocycles. The molecule has 1 aromatic rings. The molecule has 108 valence electrons. The lowest BCUT2D eigenvalue weighted by Gasteiger charge is -2.18. The second kappa shape index (κ2) is 7.43. The SMILES string of the molecule is CCCCCCC(C)Nc1c(N)cc(N)c(Cl)c1F. The van der Waals surface area contributed by atoms with Crippen LogP contribution < -0.4 is 16.8 Å². The fraction of sp³-hybridized carbons (Fsp3) is 0.571. The highest BCUT2D eigenvalue weighted by molar-refractivity contribution is 6.33. The van der Waals surface area contributed by atoms with Crippen molar-refractivity contribution in [3.05, 3.63) is 16.9 Å². The molecule has 1 unspecified atom stereocenters. The normalized spacial score (nSPS) is 12.4. The van der Waals surface area contributed by atoms with Crippen molar-refractivity contribution in [3.63, 3.8) is 0 Å². The first-order chi connectivity index (χ1) is 8.97. The van der Waals surface area contributed by atoms with Gasteiger partial charge in [0.2, 0.25) is 0 Å². The van der Waals surface area contributed by atoms with E-state index in [1.54, 1.807) is 0 Å². The molecule has 3 nitrogen and oxygen atoms in total. The minimum absolute atomic E-state index is 0.0742. The lowest BCUT2D eigenvalue weighted by Crippen LogP contribution is -2.17. The Balaban J connectivity index is 2.64. The van der Waals surface area contributed by atoms with Crippen LogP contribution in [0.4, 0.5) is 21.5 Å². The van der Waals surface area contributed by atoms with E-state index in [2.05, 4.69) is 12.2 Å². The minimum Gasteiger partial charge on any atom is -0.397 e. The Morgan fingerprint density at radius 1 is 1.26 bits per heavy atom. The van der Waals surface area contributed by atoms with E-state index in [0.29, 0.717) is 5.69 Å². The minimum atomic E-state index is -0.570. The number of hydrogen-bond acceptors (Lipinski definition) is 3. The van der Waals surface area contributed by atoms with Crippen LogP contribution >= 0.6 is 11.6 Å². The van der Waals surface area contributed by atoms with Gasteiger partial charge < -0.3 is 16.8 Å². The Hall–Kier alpha value is -1.16. The fourth-order valence-electron chi connectivity index (χ4n) is 2.01. The summed E-state index contributed by atoms with van der Waals surface area (Å²) in [5, 5.41) is 3.01. The molecule has 19 heavy (non-hydrogen) atoms. The lowest BCUT2D eigenvalue weighted by atomic mass is 10.1. The van der Waals surface area contributed by atoms with Crippen LogP contribution in [0.15, 0.2) is 6.07 Å². The molecule has 0 heterocycles. The summed E-state index contributed by atoms with van der Waals surface area (Å²) in [6, 6.07) is 1.63. The maximum atomic E-state index is 14.0. The van der Waals surface area contributed by atoms with E-state index >= 15 is 0 Å². The van der Waals surface area contributed by atoms with Gasteiger partial charge in [-0.3, -0.25) is 0 Å².